The van der Waals surface area contributed by atoms with Gasteiger partial charge < -0.3 is 14.3 Å². The molecular weight excluding hydrogens is 467 g/mol. The molecule has 3 aromatic rings. The van der Waals surface area contributed by atoms with Crippen molar-refractivity contribution in [2.45, 2.75) is 52.3 Å². The molecule has 1 saturated heterocycles. The zero-order chi connectivity index (χ0) is 25.7. The lowest BCUT2D eigenvalue weighted by molar-refractivity contribution is -0.137. The first-order valence-electron chi connectivity index (χ1n) is 12.5. The van der Waals surface area contributed by atoms with E-state index in [2.05, 4.69) is 23.9 Å². The molecule has 0 unspecified atom stereocenters. The third-order valence-electron chi connectivity index (χ3n) is 6.53. The molecule has 5 nitrogen and oxygen atoms in total. The Morgan fingerprint density at radius 2 is 1.69 bits per heavy atom. The van der Waals surface area contributed by atoms with Crippen LogP contribution in [0.15, 0.2) is 59.1 Å². The summed E-state index contributed by atoms with van der Waals surface area (Å²) in [4.78, 5) is 17.4. The van der Waals surface area contributed by atoms with Crippen LogP contribution in [0.4, 0.5) is 19.1 Å². The number of alkyl halides is 3. The standard InChI is InChI=1S/C28H32F3N3O2/c1-20(2)15-18-34(26(35)22-11-13-23(14-12-22)28(29,30)31)19-24-25(21-9-5-3-6-10-21)32-36-27(24)33-16-7-4-8-17-33/h3,5-6,9-14,20H,4,7-8,15-19H2,1-2H3. The second-order valence-corrected chi connectivity index (χ2v) is 9.71. The fourth-order valence-corrected chi connectivity index (χ4v) is 4.45. The van der Waals surface area contributed by atoms with Crippen molar-refractivity contribution in [3.8, 4) is 11.3 Å². The van der Waals surface area contributed by atoms with Gasteiger partial charge in [0.15, 0.2) is 0 Å². The number of rotatable bonds is 8. The molecule has 0 saturated carbocycles. The van der Waals surface area contributed by atoms with Crippen molar-refractivity contribution < 1.29 is 22.5 Å². The van der Waals surface area contributed by atoms with Crippen LogP contribution in [0.3, 0.4) is 0 Å². The summed E-state index contributed by atoms with van der Waals surface area (Å²) in [6.45, 7) is 6.59. The van der Waals surface area contributed by atoms with Crippen LogP contribution < -0.4 is 4.90 Å². The molecular formula is C28H32F3N3O2. The maximum atomic E-state index is 13.6. The van der Waals surface area contributed by atoms with Crippen molar-refractivity contribution in [1.29, 1.82) is 0 Å². The fraction of sp³-hybridized carbons (Fsp3) is 0.429. The maximum absolute atomic E-state index is 13.6. The van der Waals surface area contributed by atoms with Crippen LogP contribution in [0.2, 0.25) is 0 Å². The average molecular weight is 500 g/mol. The van der Waals surface area contributed by atoms with Gasteiger partial charge in [0.1, 0.15) is 5.69 Å². The second kappa shape index (κ2) is 11.2. The van der Waals surface area contributed by atoms with Gasteiger partial charge >= 0.3 is 6.18 Å². The van der Waals surface area contributed by atoms with Crippen molar-refractivity contribution >= 4 is 11.8 Å². The molecule has 1 aliphatic rings. The SMILES string of the molecule is CC(C)CCN(Cc1c(-c2ccccc2)noc1N1CCCCC1)C(=O)c1ccc(C(F)(F)F)cc1. The van der Waals surface area contributed by atoms with Crippen LogP contribution in [0.25, 0.3) is 11.3 Å². The summed E-state index contributed by atoms with van der Waals surface area (Å²) in [6, 6.07) is 14.1. The van der Waals surface area contributed by atoms with Crippen molar-refractivity contribution in [3.05, 3.63) is 71.3 Å². The topological polar surface area (TPSA) is 49.6 Å². The molecule has 8 heteroatoms. The van der Waals surface area contributed by atoms with Crippen LogP contribution in [-0.2, 0) is 12.7 Å². The van der Waals surface area contributed by atoms with E-state index in [0.29, 0.717) is 24.0 Å². The number of carbonyl (C=O) groups is 1. The van der Waals surface area contributed by atoms with Crippen LogP contribution in [0, 0.1) is 5.92 Å². The van der Waals surface area contributed by atoms with Crippen LogP contribution in [0.5, 0.6) is 0 Å². The Kier molecular flexibility index (Phi) is 8.01. The predicted octanol–water partition coefficient (Wildman–Crippen LogP) is 7.04. The number of nitrogens with zero attached hydrogens (tertiary/aromatic N) is 3. The second-order valence-electron chi connectivity index (χ2n) is 9.71. The van der Waals surface area contributed by atoms with E-state index in [1.807, 2.05) is 30.3 Å². The fourth-order valence-electron chi connectivity index (χ4n) is 4.45. The van der Waals surface area contributed by atoms with Crippen LogP contribution in [-0.4, -0.2) is 35.6 Å². The monoisotopic (exact) mass is 499 g/mol. The highest BCUT2D eigenvalue weighted by Gasteiger charge is 2.31. The minimum atomic E-state index is -4.45. The van der Waals surface area contributed by atoms with Gasteiger partial charge in [-0.1, -0.05) is 49.3 Å². The summed E-state index contributed by atoms with van der Waals surface area (Å²) in [6.07, 6.45) is -0.407. The lowest BCUT2D eigenvalue weighted by Gasteiger charge is -2.29. The van der Waals surface area contributed by atoms with Crippen molar-refractivity contribution in [1.82, 2.24) is 10.1 Å². The van der Waals surface area contributed by atoms with Gasteiger partial charge in [0.05, 0.1) is 17.7 Å². The highest BCUT2D eigenvalue weighted by Crippen LogP contribution is 2.34. The Morgan fingerprint density at radius 3 is 2.31 bits per heavy atom. The number of halogens is 3. The van der Waals surface area contributed by atoms with Crippen molar-refractivity contribution in [3.63, 3.8) is 0 Å². The Hall–Kier alpha value is -3.29. The first-order valence-corrected chi connectivity index (χ1v) is 12.5. The molecule has 36 heavy (non-hydrogen) atoms. The number of piperidine rings is 1. The smallest absolute Gasteiger partial charge is 0.340 e. The third kappa shape index (κ3) is 6.09. The molecule has 1 fully saturated rings. The molecule has 4 rings (SSSR count). The van der Waals surface area contributed by atoms with E-state index in [4.69, 9.17) is 4.52 Å². The molecule has 1 aromatic heterocycles. The molecule has 0 atom stereocenters. The highest BCUT2D eigenvalue weighted by molar-refractivity contribution is 5.94. The zero-order valence-electron chi connectivity index (χ0n) is 20.7. The first kappa shape index (κ1) is 25.8. The van der Waals surface area contributed by atoms with Gasteiger partial charge in [-0.2, -0.15) is 13.2 Å². The number of aromatic nitrogens is 1. The summed E-state index contributed by atoms with van der Waals surface area (Å²) >= 11 is 0. The Morgan fingerprint density at radius 1 is 1.03 bits per heavy atom. The molecule has 0 aliphatic carbocycles. The first-order chi connectivity index (χ1) is 17.2. The van der Waals surface area contributed by atoms with E-state index in [9.17, 15) is 18.0 Å². The Balaban J connectivity index is 1.69. The number of hydrogen-bond donors (Lipinski definition) is 0. The maximum Gasteiger partial charge on any atom is 0.416 e. The van der Waals surface area contributed by atoms with Gasteiger partial charge in [0.2, 0.25) is 5.88 Å². The van der Waals surface area contributed by atoms with Crippen molar-refractivity contribution in [2.75, 3.05) is 24.5 Å². The quantitative estimate of drug-likeness (QED) is 0.334. The summed E-state index contributed by atoms with van der Waals surface area (Å²) in [5, 5.41) is 4.40. The average Bonchev–Trinajstić information content (AvgIpc) is 3.30. The predicted molar refractivity (Wildman–Crippen MR) is 134 cm³/mol. The molecule has 192 valence electrons. The number of hydrogen-bond acceptors (Lipinski definition) is 4. The lowest BCUT2D eigenvalue weighted by Crippen LogP contribution is -2.34. The summed E-state index contributed by atoms with van der Waals surface area (Å²) < 4.78 is 45.0. The van der Waals surface area contributed by atoms with E-state index >= 15 is 0 Å². The van der Waals surface area contributed by atoms with Crippen molar-refractivity contribution in [2.24, 2.45) is 5.92 Å². The van der Waals surface area contributed by atoms with Gasteiger partial charge in [0.25, 0.3) is 5.91 Å². The Labute approximate surface area is 209 Å². The highest BCUT2D eigenvalue weighted by atomic mass is 19.4. The molecule has 1 aliphatic heterocycles. The minimum Gasteiger partial charge on any atom is -0.340 e. The van der Waals surface area contributed by atoms with E-state index in [-0.39, 0.29) is 18.0 Å². The molecule has 0 N–H and O–H groups in total. The van der Waals surface area contributed by atoms with E-state index in [0.717, 1.165) is 55.6 Å². The molecule has 2 aromatic carbocycles. The van der Waals surface area contributed by atoms with Gasteiger partial charge in [0, 0.05) is 30.8 Å². The molecule has 2 heterocycles. The molecule has 0 spiro atoms. The van der Waals surface area contributed by atoms with E-state index < -0.39 is 11.7 Å². The van der Waals surface area contributed by atoms with Gasteiger partial charge in [-0.15, -0.1) is 0 Å². The van der Waals surface area contributed by atoms with Crippen LogP contribution >= 0.6 is 0 Å². The van der Waals surface area contributed by atoms with Gasteiger partial charge in [-0.3, -0.25) is 4.79 Å². The van der Waals surface area contributed by atoms with E-state index in [1.54, 1.807) is 4.90 Å². The summed E-state index contributed by atoms with van der Waals surface area (Å²) in [5.74, 6) is 0.711. The van der Waals surface area contributed by atoms with E-state index in [1.165, 1.54) is 18.6 Å². The lowest BCUT2D eigenvalue weighted by atomic mass is 10.0. The van der Waals surface area contributed by atoms with Gasteiger partial charge in [-0.05, 0) is 55.9 Å². The van der Waals surface area contributed by atoms with Crippen LogP contribution in [0.1, 0.15) is 61.0 Å². The molecule has 1 amide bonds. The Bertz CT molecular complexity index is 1140. The zero-order valence-corrected chi connectivity index (χ0v) is 20.7. The summed E-state index contributed by atoms with van der Waals surface area (Å²) in [7, 11) is 0. The number of amides is 1. The molecule has 0 radical (unpaired) electrons. The van der Waals surface area contributed by atoms with Gasteiger partial charge in [-0.25, -0.2) is 0 Å². The number of carbonyl (C=O) groups excluding carboxylic acids is 1. The largest absolute Gasteiger partial charge is 0.416 e. The number of benzene rings is 2. The minimum absolute atomic E-state index is 0.226. The normalized spacial score (nSPS) is 14.3. The molecule has 0 bridgehead atoms. The summed E-state index contributed by atoms with van der Waals surface area (Å²) in [5.41, 5.74) is 1.86. The third-order valence-corrected chi connectivity index (χ3v) is 6.53. The number of anilines is 1.